The first-order valence-corrected chi connectivity index (χ1v) is 12.7. The maximum Gasteiger partial charge on any atom is 0.416 e. The number of carbonyl (C=O) groups is 3. The Kier molecular flexibility index (Phi) is 8.95. The Morgan fingerprint density at radius 2 is 1.68 bits per heavy atom. The van der Waals surface area contributed by atoms with Gasteiger partial charge in [0.05, 0.1) is 11.1 Å². The number of pyridine rings is 1. The molecule has 2 aromatic carbocycles. The van der Waals surface area contributed by atoms with Crippen LogP contribution in [0.2, 0.25) is 0 Å². The SMILES string of the molecule is CCN1CCN(C(=O)c2ccc(NC(=O)/C=C/c3cccc(NC(=O)c4cccc(C(F)(F)F)c4)c3)nc2)CC1. The summed E-state index contributed by atoms with van der Waals surface area (Å²) in [7, 11) is 0. The number of amides is 3. The zero-order valence-electron chi connectivity index (χ0n) is 21.7. The maximum atomic E-state index is 12.9. The van der Waals surface area contributed by atoms with Crippen LogP contribution < -0.4 is 10.6 Å². The smallest absolute Gasteiger partial charge is 0.336 e. The first kappa shape index (κ1) is 28.5. The van der Waals surface area contributed by atoms with Gasteiger partial charge < -0.3 is 20.4 Å². The highest BCUT2D eigenvalue weighted by molar-refractivity contribution is 6.05. The molecule has 40 heavy (non-hydrogen) atoms. The molecule has 11 heteroatoms. The number of nitrogens with zero attached hydrogens (tertiary/aromatic N) is 3. The van der Waals surface area contributed by atoms with Gasteiger partial charge in [0.1, 0.15) is 5.82 Å². The van der Waals surface area contributed by atoms with E-state index < -0.39 is 23.6 Å². The third-order valence-corrected chi connectivity index (χ3v) is 6.39. The molecular formula is C29H28F3N5O3. The first-order valence-electron chi connectivity index (χ1n) is 12.7. The first-order chi connectivity index (χ1) is 19.1. The monoisotopic (exact) mass is 551 g/mol. The summed E-state index contributed by atoms with van der Waals surface area (Å²) >= 11 is 0. The molecule has 1 fully saturated rings. The number of aromatic nitrogens is 1. The summed E-state index contributed by atoms with van der Waals surface area (Å²) in [4.78, 5) is 45.8. The third-order valence-electron chi connectivity index (χ3n) is 6.39. The molecule has 0 unspecified atom stereocenters. The van der Waals surface area contributed by atoms with Crippen LogP contribution in [-0.2, 0) is 11.0 Å². The van der Waals surface area contributed by atoms with Gasteiger partial charge >= 0.3 is 6.18 Å². The molecule has 0 saturated carbocycles. The van der Waals surface area contributed by atoms with Crippen molar-refractivity contribution >= 4 is 35.3 Å². The van der Waals surface area contributed by atoms with Crippen molar-refractivity contribution in [3.8, 4) is 0 Å². The van der Waals surface area contributed by atoms with Crippen molar-refractivity contribution in [3.63, 3.8) is 0 Å². The van der Waals surface area contributed by atoms with Crippen molar-refractivity contribution < 1.29 is 27.6 Å². The minimum atomic E-state index is -4.55. The molecule has 2 heterocycles. The normalized spacial score (nSPS) is 14.2. The molecule has 0 bridgehead atoms. The average molecular weight is 552 g/mol. The highest BCUT2D eigenvalue weighted by Gasteiger charge is 2.31. The predicted octanol–water partition coefficient (Wildman–Crippen LogP) is 4.78. The van der Waals surface area contributed by atoms with Crippen molar-refractivity contribution in [1.29, 1.82) is 0 Å². The van der Waals surface area contributed by atoms with Gasteiger partial charge in [-0.1, -0.05) is 25.1 Å². The zero-order chi connectivity index (χ0) is 28.7. The molecule has 208 valence electrons. The molecule has 0 radical (unpaired) electrons. The second-order valence-corrected chi connectivity index (χ2v) is 9.14. The Balaban J connectivity index is 1.32. The largest absolute Gasteiger partial charge is 0.416 e. The van der Waals surface area contributed by atoms with Crippen LogP contribution in [0.4, 0.5) is 24.7 Å². The lowest BCUT2D eigenvalue weighted by Crippen LogP contribution is -2.48. The fourth-order valence-corrected chi connectivity index (χ4v) is 4.14. The van der Waals surface area contributed by atoms with E-state index in [0.29, 0.717) is 29.9 Å². The number of piperazine rings is 1. The number of hydrogen-bond donors (Lipinski definition) is 2. The Hall–Kier alpha value is -4.51. The van der Waals surface area contributed by atoms with E-state index in [9.17, 15) is 27.6 Å². The van der Waals surface area contributed by atoms with Crippen molar-refractivity contribution in [1.82, 2.24) is 14.8 Å². The van der Waals surface area contributed by atoms with E-state index in [-0.39, 0.29) is 17.3 Å². The van der Waals surface area contributed by atoms with E-state index in [2.05, 4.69) is 27.4 Å². The van der Waals surface area contributed by atoms with Gasteiger partial charge in [0.2, 0.25) is 5.91 Å². The fourth-order valence-electron chi connectivity index (χ4n) is 4.14. The molecule has 2 N–H and O–H groups in total. The molecule has 3 aromatic rings. The predicted molar refractivity (Wildman–Crippen MR) is 146 cm³/mol. The average Bonchev–Trinajstić information content (AvgIpc) is 2.96. The summed E-state index contributed by atoms with van der Waals surface area (Å²) in [5, 5.41) is 5.19. The second-order valence-electron chi connectivity index (χ2n) is 9.14. The van der Waals surface area contributed by atoms with Crippen LogP contribution in [-0.4, -0.2) is 65.2 Å². The van der Waals surface area contributed by atoms with Gasteiger partial charge in [-0.05, 0) is 60.6 Å². The van der Waals surface area contributed by atoms with Crippen molar-refractivity contribution in [2.75, 3.05) is 43.4 Å². The van der Waals surface area contributed by atoms with Crippen LogP contribution >= 0.6 is 0 Å². The van der Waals surface area contributed by atoms with E-state index >= 15 is 0 Å². The van der Waals surface area contributed by atoms with E-state index in [0.717, 1.165) is 31.8 Å². The standard InChI is InChI=1S/C29H28F3N5O3/c1-2-36-13-15-37(16-14-36)28(40)22-10-11-25(33-19-22)35-26(38)12-9-20-5-3-8-24(17-20)34-27(39)21-6-4-7-23(18-21)29(30,31)32/h3-12,17-19H,2,13-16H2,1H3,(H,34,39)(H,33,35,38)/b12-9+. The topological polar surface area (TPSA) is 94.6 Å². The van der Waals surface area contributed by atoms with Crippen LogP contribution in [0.1, 0.15) is 38.8 Å². The second kappa shape index (κ2) is 12.6. The van der Waals surface area contributed by atoms with E-state index in [1.807, 2.05) is 0 Å². The summed E-state index contributed by atoms with van der Waals surface area (Å²) in [6, 6.07) is 13.8. The molecule has 4 rings (SSSR count). The minimum Gasteiger partial charge on any atom is -0.336 e. The number of anilines is 2. The number of halogens is 3. The van der Waals surface area contributed by atoms with Crippen molar-refractivity contribution in [3.05, 3.63) is 95.2 Å². The van der Waals surface area contributed by atoms with Crippen LogP contribution in [0.5, 0.6) is 0 Å². The highest BCUT2D eigenvalue weighted by atomic mass is 19.4. The Bertz CT molecular complexity index is 1400. The molecular weight excluding hydrogens is 523 g/mol. The lowest BCUT2D eigenvalue weighted by Gasteiger charge is -2.34. The van der Waals surface area contributed by atoms with Gasteiger partial charge in [0.15, 0.2) is 0 Å². The van der Waals surface area contributed by atoms with Gasteiger partial charge in [-0.25, -0.2) is 4.98 Å². The Morgan fingerprint density at radius 3 is 2.35 bits per heavy atom. The van der Waals surface area contributed by atoms with Crippen LogP contribution in [0.15, 0.2) is 72.9 Å². The van der Waals surface area contributed by atoms with Gasteiger partial charge in [0, 0.05) is 49.7 Å². The third kappa shape index (κ3) is 7.54. The Morgan fingerprint density at radius 1 is 0.925 bits per heavy atom. The molecule has 1 saturated heterocycles. The fraction of sp³-hybridized carbons (Fsp3) is 0.241. The van der Waals surface area contributed by atoms with Crippen molar-refractivity contribution in [2.45, 2.75) is 13.1 Å². The number of alkyl halides is 3. The number of nitrogens with one attached hydrogen (secondary N) is 2. The van der Waals surface area contributed by atoms with Gasteiger partial charge in [0.25, 0.3) is 11.8 Å². The summed E-state index contributed by atoms with van der Waals surface area (Å²) in [6.07, 6.45) is -0.323. The lowest BCUT2D eigenvalue weighted by molar-refractivity contribution is -0.137. The number of rotatable bonds is 7. The summed E-state index contributed by atoms with van der Waals surface area (Å²) < 4.78 is 38.8. The number of hydrogen-bond acceptors (Lipinski definition) is 5. The van der Waals surface area contributed by atoms with Crippen molar-refractivity contribution in [2.24, 2.45) is 0 Å². The molecule has 1 aliphatic heterocycles. The molecule has 3 amide bonds. The number of benzene rings is 2. The van der Waals surface area contributed by atoms with E-state index in [1.54, 1.807) is 41.3 Å². The maximum absolute atomic E-state index is 12.9. The van der Waals surface area contributed by atoms with Crippen LogP contribution in [0.3, 0.4) is 0 Å². The molecule has 8 nitrogen and oxygen atoms in total. The minimum absolute atomic E-state index is 0.0962. The molecule has 1 aliphatic rings. The van der Waals surface area contributed by atoms with E-state index in [1.165, 1.54) is 30.5 Å². The lowest BCUT2D eigenvalue weighted by atomic mass is 10.1. The molecule has 1 aromatic heterocycles. The summed E-state index contributed by atoms with van der Waals surface area (Å²) in [5.41, 5.74) is 0.332. The quantitative estimate of drug-likeness (QED) is 0.412. The Labute approximate surface area is 229 Å². The zero-order valence-corrected chi connectivity index (χ0v) is 21.7. The van der Waals surface area contributed by atoms with Gasteiger partial charge in [-0.15, -0.1) is 0 Å². The number of carbonyl (C=O) groups excluding carboxylic acids is 3. The number of likely N-dealkylation sites (N-methyl/N-ethyl adjacent to an activating group) is 1. The van der Waals surface area contributed by atoms with Crippen LogP contribution in [0, 0.1) is 0 Å². The van der Waals surface area contributed by atoms with Gasteiger partial charge in [-0.2, -0.15) is 13.2 Å². The van der Waals surface area contributed by atoms with E-state index in [4.69, 9.17) is 0 Å². The highest BCUT2D eigenvalue weighted by Crippen LogP contribution is 2.29. The van der Waals surface area contributed by atoms with Gasteiger partial charge in [-0.3, -0.25) is 14.4 Å². The van der Waals surface area contributed by atoms with Crippen LogP contribution in [0.25, 0.3) is 6.08 Å². The summed E-state index contributed by atoms with van der Waals surface area (Å²) in [5.74, 6) is -0.966. The molecule has 0 atom stereocenters. The molecule has 0 spiro atoms. The summed E-state index contributed by atoms with van der Waals surface area (Å²) in [6.45, 7) is 6.03. The molecule has 0 aliphatic carbocycles.